The minimum atomic E-state index is -0.0569. The van der Waals surface area contributed by atoms with Gasteiger partial charge in [0.05, 0.1) is 5.60 Å². The van der Waals surface area contributed by atoms with Crippen LogP contribution < -0.4 is 0 Å². The Balaban J connectivity index is 4.03. The largest absolute Gasteiger partial charge is 0.396 e. The zero-order valence-electron chi connectivity index (χ0n) is 10.0. The lowest BCUT2D eigenvalue weighted by atomic mass is 9.88. The Bertz CT molecular complexity index is 117. The van der Waals surface area contributed by atoms with Crippen molar-refractivity contribution in [1.29, 1.82) is 0 Å². The fourth-order valence-corrected chi connectivity index (χ4v) is 2.04. The van der Waals surface area contributed by atoms with Gasteiger partial charge >= 0.3 is 0 Å². The second-order valence-corrected chi connectivity index (χ2v) is 4.07. The van der Waals surface area contributed by atoms with Gasteiger partial charge in [0.15, 0.2) is 0 Å². The minimum absolute atomic E-state index is 0.0569. The molecule has 0 fully saturated rings. The van der Waals surface area contributed by atoms with E-state index in [0.29, 0.717) is 0 Å². The SMILES string of the molecule is CCCCCC(CCC)(CCO)OC. The molecule has 1 atom stereocenters. The van der Waals surface area contributed by atoms with Crippen LogP contribution in [0.1, 0.15) is 58.8 Å². The van der Waals surface area contributed by atoms with Gasteiger partial charge in [-0.15, -0.1) is 0 Å². The van der Waals surface area contributed by atoms with Crippen molar-refractivity contribution in [2.24, 2.45) is 0 Å². The van der Waals surface area contributed by atoms with E-state index in [-0.39, 0.29) is 12.2 Å². The Labute approximate surface area is 88.7 Å². The predicted octanol–water partition coefficient (Wildman–Crippen LogP) is 3.13. The molecule has 2 heteroatoms. The standard InChI is InChI=1S/C12H26O2/c1-4-6-7-9-12(14-3,8-5-2)10-11-13/h13H,4-11H2,1-3H3. The molecule has 0 heterocycles. The summed E-state index contributed by atoms with van der Waals surface area (Å²) in [5, 5.41) is 9.04. The van der Waals surface area contributed by atoms with Gasteiger partial charge in [0.1, 0.15) is 0 Å². The molecule has 86 valence electrons. The number of aliphatic hydroxyl groups is 1. The molecule has 0 saturated carbocycles. The number of hydrogen-bond donors (Lipinski definition) is 1. The van der Waals surface area contributed by atoms with Crippen molar-refractivity contribution in [2.75, 3.05) is 13.7 Å². The van der Waals surface area contributed by atoms with Crippen molar-refractivity contribution in [1.82, 2.24) is 0 Å². The third-order valence-electron chi connectivity index (χ3n) is 2.94. The van der Waals surface area contributed by atoms with E-state index in [9.17, 15) is 0 Å². The van der Waals surface area contributed by atoms with Crippen molar-refractivity contribution < 1.29 is 9.84 Å². The first-order valence-electron chi connectivity index (χ1n) is 5.90. The van der Waals surface area contributed by atoms with Crippen LogP contribution in [0.25, 0.3) is 0 Å². The highest BCUT2D eigenvalue weighted by molar-refractivity contribution is 4.79. The summed E-state index contributed by atoms with van der Waals surface area (Å²) >= 11 is 0. The second kappa shape index (κ2) is 8.25. The van der Waals surface area contributed by atoms with Gasteiger partial charge in [-0.2, -0.15) is 0 Å². The lowest BCUT2D eigenvalue weighted by molar-refractivity contribution is -0.0432. The summed E-state index contributed by atoms with van der Waals surface area (Å²) in [6, 6.07) is 0. The molecular formula is C12H26O2. The van der Waals surface area contributed by atoms with Crippen LogP contribution in [0.4, 0.5) is 0 Å². The number of hydrogen-bond acceptors (Lipinski definition) is 2. The fraction of sp³-hybridized carbons (Fsp3) is 1.00. The lowest BCUT2D eigenvalue weighted by Crippen LogP contribution is -2.32. The summed E-state index contributed by atoms with van der Waals surface area (Å²) in [6.45, 7) is 4.62. The Morgan fingerprint density at radius 1 is 1.00 bits per heavy atom. The summed E-state index contributed by atoms with van der Waals surface area (Å²) in [5.41, 5.74) is -0.0569. The van der Waals surface area contributed by atoms with Gasteiger partial charge in [-0.1, -0.05) is 39.5 Å². The van der Waals surface area contributed by atoms with Gasteiger partial charge < -0.3 is 9.84 Å². The van der Waals surface area contributed by atoms with Crippen LogP contribution >= 0.6 is 0 Å². The molecule has 0 rings (SSSR count). The van der Waals surface area contributed by atoms with Gasteiger partial charge in [0, 0.05) is 13.7 Å². The van der Waals surface area contributed by atoms with Gasteiger partial charge in [0.25, 0.3) is 0 Å². The first-order valence-corrected chi connectivity index (χ1v) is 5.90. The van der Waals surface area contributed by atoms with Crippen molar-refractivity contribution in [3.63, 3.8) is 0 Å². The van der Waals surface area contributed by atoms with Gasteiger partial charge in [0.2, 0.25) is 0 Å². The molecule has 0 aromatic rings. The Morgan fingerprint density at radius 3 is 2.14 bits per heavy atom. The number of aliphatic hydroxyl groups excluding tert-OH is 1. The monoisotopic (exact) mass is 202 g/mol. The quantitative estimate of drug-likeness (QED) is 0.582. The Kier molecular flexibility index (Phi) is 8.20. The van der Waals surface area contributed by atoms with Crippen molar-refractivity contribution >= 4 is 0 Å². The molecule has 0 aliphatic rings. The smallest absolute Gasteiger partial charge is 0.0700 e. The van der Waals surface area contributed by atoms with Crippen molar-refractivity contribution in [3.05, 3.63) is 0 Å². The highest BCUT2D eigenvalue weighted by atomic mass is 16.5. The van der Waals surface area contributed by atoms with Gasteiger partial charge in [-0.25, -0.2) is 0 Å². The fourth-order valence-electron chi connectivity index (χ4n) is 2.04. The molecular weight excluding hydrogens is 176 g/mol. The molecule has 0 amide bonds. The van der Waals surface area contributed by atoms with Crippen LogP contribution in [-0.4, -0.2) is 24.4 Å². The molecule has 0 bridgehead atoms. The lowest BCUT2D eigenvalue weighted by Gasteiger charge is -2.32. The Morgan fingerprint density at radius 2 is 1.71 bits per heavy atom. The van der Waals surface area contributed by atoms with E-state index in [2.05, 4.69) is 13.8 Å². The van der Waals surface area contributed by atoms with Crippen LogP contribution in [-0.2, 0) is 4.74 Å². The second-order valence-electron chi connectivity index (χ2n) is 4.07. The van der Waals surface area contributed by atoms with E-state index < -0.39 is 0 Å². The van der Waals surface area contributed by atoms with E-state index in [4.69, 9.17) is 9.84 Å². The van der Waals surface area contributed by atoms with E-state index in [1.165, 1.54) is 19.3 Å². The molecule has 0 aromatic carbocycles. The van der Waals surface area contributed by atoms with E-state index in [1.54, 1.807) is 7.11 Å². The number of ether oxygens (including phenoxy) is 1. The van der Waals surface area contributed by atoms with E-state index >= 15 is 0 Å². The molecule has 2 nitrogen and oxygen atoms in total. The predicted molar refractivity (Wildman–Crippen MR) is 60.5 cm³/mol. The maximum Gasteiger partial charge on any atom is 0.0700 e. The number of unbranched alkanes of at least 4 members (excludes halogenated alkanes) is 2. The third-order valence-corrected chi connectivity index (χ3v) is 2.94. The van der Waals surface area contributed by atoms with Crippen LogP contribution in [0.3, 0.4) is 0 Å². The molecule has 0 aliphatic carbocycles. The zero-order chi connectivity index (χ0) is 10.9. The molecule has 14 heavy (non-hydrogen) atoms. The molecule has 0 aliphatic heterocycles. The topological polar surface area (TPSA) is 29.5 Å². The molecule has 0 radical (unpaired) electrons. The van der Waals surface area contributed by atoms with Crippen LogP contribution in [0.5, 0.6) is 0 Å². The van der Waals surface area contributed by atoms with Crippen molar-refractivity contribution in [3.8, 4) is 0 Å². The summed E-state index contributed by atoms with van der Waals surface area (Å²) in [7, 11) is 1.78. The van der Waals surface area contributed by atoms with Crippen LogP contribution in [0.15, 0.2) is 0 Å². The molecule has 0 aromatic heterocycles. The molecule has 0 spiro atoms. The first-order chi connectivity index (χ1) is 6.74. The normalized spacial score (nSPS) is 15.4. The molecule has 1 unspecified atom stereocenters. The van der Waals surface area contributed by atoms with Gasteiger partial charge in [-0.05, 0) is 19.3 Å². The summed E-state index contributed by atoms with van der Waals surface area (Å²) < 4.78 is 5.61. The molecule has 0 saturated heterocycles. The maximum atomic E-state index is 9.04. The zero-order valence-corrected chi connectivity index (χ0v) is 10.0. The maximum absolute atomic E-state index is 9.04. The highest BCUT2D eigenvalue weighted by Gasteiger charge is 2.27. The van der Waals surface area contributed by atoms with E-state index in [1.807, 2.05) is 0 Å². The van der Waals surface area contributed by atoms with Gasteiger partial charge in [-0.3, -0.25) is 0 Å². The first kappa shape index (κ1) is 13.9. The number of rotatable bonds is 9. The summed E-state index contributed by atoms with van der Waals surface area (Å²) in [5.74, 6) is 0. The molecule has 1 N–H and O–H groups in total. The summed E-state index contributed by atoms with van der Waals surface area (Å²) in [6.07, 6.45) is 7.77. The average Bonchev–Trinajstić information content (AvgIpc) is 2.19. The number of methoxy groups -OCH3 is 1. The third kappa shape index (κ3) is 4.97. The van der Waals surface area contributed by atoms with E-state index in [0.717, 1.165) is 25.7 Å². The minimum Gasteiger partial charge on any atom is -0.396 e. The van der Waals surface area contributed by atoms with Crippen LogP contribution in [0, 0.1) is 0 Å². The highest BCUT2D eigenvalue weighted by Crippen LogP contribution is 2.28. The summed E-state index contributed by atoms with van der Waals surface area (Å²) in [4.78, 5) is 0. The Hall–Kier alpha value is -0.0800. The average molecular weight is 202 g/mol. The van der Waals surface area contributed by atoms with Crippen molar-refractivity contribution in [2.45, 2.75) is 64.4 Å². The van der Waals surface area contributed by atoms with Crippen LogP contribution in [0.2, 0.25) is 0 Å².